The number of methoxy groups -OCH3 is 2. The van der Waals surface area contributed by atoms with Crippen molar-refractivity contribution in [2.75, 3.05) is 38.8 Å². The lowest BCUT2D eigenvalue weighted by molar-refractivity contribution is -0.605. The van der Waals surface area contributed by atoms with Crippen molar-refractivity contribution in [2.45, 2.75) is 37.8 Å². The molecule has 270 valence electrons. The van der Waals surface area contributed by atoms with Gasteiger partial charge in [0.05, 0.1) is 20.8 Å². The van der Waals surface area contributed by atoms with Crippen LogP contribution in [0.5, 0.6) is 11.5 Å². The highest BCUT2D eigenvalue weighted by atomic mass is 35.5. The maximum atomic E-state index is 13.8. The van der Waals surface area contributed by atoms with E-state index in [-0.39, 0.29) is 40.5 Å². The molecule has 0 saturated carbocycles. The van der Waals surface area contributed by atoms with Gasteiger partial charge >= 0.3 is 12.1 Å². The van der Waals surface area contributed by atoms with Crippen LogP contribution in [-0.2, 0) is 22.5 Å². The van der Waals surface area contributed by atoms with Gasteiger partial charge in [0.25, 0.3) is 6.47 Å². The van der Waals surface area contributed by atoms with Gasteiger partial charge in [-0.25, -0.2) is 14.6 Å². The molecule has 4 aromatic rings. The molecule has 3 aliphatic rings. The van der Waals surface area contributed by atoms with Crippen LogP contribution in [0, 0.1) is 11.1 Å². The van der Waals surface area contributed by atoms with Crippen LogP contribution < -0.4 is 19.1 Å². The third kappa shape index (κ3) is 8.82. The van der Waals surface area contributed by atoms with Crippen molar-refractivity contribution < 1.29 is 43.5 Å². The Morgan fingerprint density at radius 1 is 1.12 bits per heavy atom. The van der Waals surface area contributed by atoms with Crippen molar-refractivity contribution in [3.63, 3.8) is 0 Å². The van der Waals surface area contributed by atoms with Gasteiger partial charge in [-0.05, 0) is 79.7 Å². The Bertz CT molecular complexity index is 1830. The number of pyridine rings is 2. The minimum atomic E-state index is -1.13. The van der Waals surface area contributed by atoms with Crippen molar-refractivity contribution in [3.05, 3.63) is 103 Å². The third-order valence-corrected chi connectivity index (χ3v) is 10.7. The van der Waals surface area contributed by atoms with E-state index in [1.807, 2.05) is 6.07 Å². The second-order valence-electron chi connectivity index (χ2n) is 11.9. The summed E-state index contributed by atoms with van der Waals surface area (Å²) in [6.45, 7) is 2.50. The minimum absolute atomic E-state index is 0.0313. The van der Waals surface area contributed by atoms with E-state index >= 15 is 0 Å². The number of carboxylic acid groups (broad SMARTS) is 2. The highest BCUT2D eigenvalue weighted by Gasteiger charge is 2.38. The molecule has 2 bridgehead atoms. The number of anilines is 1. The number of carbonyl (C=O) groups excluding carboxylic acids is 1. The van der Waals surface area contributed by atoms with Crippen molar-refractivity contribution in [1.29, 1.82) is 0 Å². The SMILES string of the molecule is COc1ccc([C@H](Cc2c(Cl)c[n+]([O-])cc2Cl)c2cc(CN(C(=O)O[C@H]3CN4CCC3CC4)c3ccccn3)sc2C(=O)O)cc1OC.O=CO. The van der Waals surface area contributed by atoms with Gasteiger partial charge in [0.15, 0.2) is 23.9 Å². The molecule has 13 nitrogen and oxygen atoms in total. The second-order valence-corrected chi connectivity index (χ2v) is 13.9. The summed E-state index contributed by atoms with van der Waals surface area (Å²) in [6.07, 6.45) is 5.38. The molecule has 0 radical (unpaired) electrons. The van der Waals surface area contributed by atoms with Crippen LogP contribution in [0.25, 0.3) is 0 Å². The van der Waals surface area contributed by atoms with Gasteiger partial charge in [-0.2, -0.15) is 4.73 Å². The molecule has 3 aromatic heterocycles. The first kappa shape index (κ1) is 37.6. The Morgan fingerprint density at radius 2 is 1.80 bits per heavy atom. The lowest BCUT2D eigenvalue weighted by Gasteiger charge is -2.44. The monoisotopic (exact) mass is 758 g/mol. The zero-order valence-electron chi connectivity index (χ0n) is 27.7. The van der Waals surface area contributed by atoms with Crippen LogP contribution in [0.3, 0.4) is 0 Å². The minimum Gasteiger partial charge on any atom is -0.619 e. The van der Waals surface area contributed by atoms with E-state index in [2.05, 4.69) is 9.88 Å². The molecule has 0 aliphatic carbocycles. The molecule has 16 heteroatoms. The maximum Gasteiger partial charge on any atom is 0.416 e. The number of halogens is 2. The highest BCUT2D eigenvalue weighted by Crippen LogP contribution is 2.41. The number of aromatic carboxylic acids is 1. The zero-order valence-corrected chi connectivity index (χ0v) is 30.1. The number of nitrogens with zero attached hydrogens (tertiary/aromatic N) is 4. The fourth-order valence-corrected chi connectivity index (χ4v) is 8.16. The molecular weight excluding hydrogens is 723 g/mol. The number of thiophene rings is 1. The number of piperidine rings is 3. The van der Waals surface area contributed by atoms with E-state index in [0.717, 1.165) is 37.3 Å². The second kappa shape index (κ2) is 17.1. The number of amides is 1. The van der Waals surface area contributed by atoms with Gasteiger partial charge in [-0.1, -0.05) is 35.3 Å². The van der Waals surface area contributed by atoms with E-state index in [4.69, 9.17) is 47.3 Å². The topological polar surface area (TPSA) is 166 Å². The van der Waals surface area contributed by atoms with E-state index in [9.17, 15) is 19.9 Å². The normalized spacial score (nSPS) is 18.2. The Balaban J connectivity index is 0.00000162. The van der Waals surface area contributed by atoms with E-state index in [1.165, 1.54) is 31.5 Å². The third-order valence-electron chi connectivity index (χ3n) is 8.97. The molecule has 7 rings (SSSR count). The molecule has 0 unspecified atom stereocenters. The smallest absolute Gasteiger partial charge is 0.416 e. The summed E-state index contributed by atoms with van der Waals surface area (Å²) in [4.78, 5) is 43.8. The van der Waals surface area contributed by atoms with Crippen molar-refractivity contribution in [3.8, 4) is 11.5 Å². The summed E-state index contributed by atoms with van der Waals surface area (Å²) in [5.41, 5.74) is 1.66. The molecule has 2 atom stereocenters. The molecule has 0 spiro atoms. The first-order valence-electron chi connectivity index (χ1n) is 15.9. The molecule has 2 N–H and O–H groups in total. The number of benzene rings is 1. The summed E-state index contributed by atoms with van der Waals surface area (Å²) >= 11 is 14.1. The standard InChI is InChI=1S/C34H34Cl2N4O7S.CH2O2/c1-45-28-7-6-21(13-29(28)46-2)23(15-25-26(35)17-39(44)18-27(25)36)24-14-22(48-32(24)33(41)42)16-40(31-5-3-4-10-37-31)34(43)47-30-19-38-11-8-20(30)9-12-38;2-1-3/h3-7,10,13-14,17-18,20,23,30H,8-9,11-12,15-16,19H2,1-2H3,(H,41,42);1H,(H,2,3)/t23-,30-;/m0./s1. The summed E-state index contributed by atoms with van der Waals surface area (Å²) < 4.78 is 17.6. The summed E-state index contributed by atoms with van der Waals surface area (Å²) in [5.74, 6) is -0.0756. The lowest BCUT2D eigenvalue weighted by atomic mass is 9.85. The number of hydrogen-bond acceptors (Lipinski definition) is 10. The number of aromatic nitrogens is 2. The highest BCUT2D eigenvalue weighted by molar-refractivity contribution is 7.14. The number of ether oxygens (including phenoxy) is 3. The van der Waals surface area contributed by atoms with Crippen LogP contribution in [0.2, 0.25) is 10.0 Å². The van der Waals surface area contributed by atoms with Gasteiger partial charge < -0.3 is 29.6 Å². The molecule has 1 amide bonds. The van der Waals surface area contributed by atoms with Gasteiger partial charge in [-0.3, -0.25) is 14.6 Å². The molecule has 3 fully saturated rings. The summed E-state index contributed by atoms with van der Waals surface area (Å²) in [5, 5.41) is 29.7. The average molecular weight is 760 g/mol. The van der Waals surface area contributed by atoms with E-state index in [0.29, 0.717) is 56.1 Å². The van der Waals surface area contributed by atoms with Crippen LogP contribution in [0.1, 0.15) is 50.0 Å². The molecule has 3 aliphatic heterocycles. The van der Waals surface area contributed by atoms with Crippen LogP contribution >= 0.6 is 34.5 Å². The van der Waals surface area contributed by atoms with Crippen LogP contribution in [0.4, 0.5) is 10.6 Å². The Kier molecular flexibility index (Phi) is 12.6. The average Bonchev–Trinajstić information content (AvgIpc) is 3.55. The van der Waals surface area contributed by atoms with Crippen LogP contribution in [0.15, 0.2) is 61.1 Å². The van der Waals surface area contributed by atoms with Gasteiger partial charge in [-0.15, -0.1) is 11.3 Å². The predicted molar refractivity (Wildman–Crippen MR) is 190 cm³/mol. The number of fused-ring (bicyclic) bond motifs is 3. The Labute approximate surface area is 308 Å². The number of carboxylic acids is 1. The molecule has 6 heterocycles. The van der Waals surface area contributed by atoms with E-state index in [1.54, 1.807) is 42.6 Å². The molecule has 3 saturated heterocycles. The summed E-state index contributed by atoms with van der Waals surface area (Å²) in [6, 6.07) is 12.4. The van der Waals surface area contributed by atoms with Gasteiger partial charge in [0.2, 0.25) is 0 Å². The number of carbonyl (C=O) groups is 3. The zero-order chi connectivity index (χ0) is 36.7. The Hall–Kier alpha value is -4.63. The summed E-state index contributed by atoms with van der Waals surface area (Å²) in [7, 11) is 3.04. The fraction of sp³-hybridized carbons (Fsp3) is 0.343. The number of rotatable bonds is 11. The quantitative estimate of drug-likeness (QED) is 0.103. The maximum absolute atomic E-state index is 13.8. The molecule has 51 heavy (non-hydrogen) atoms. The van der Waals surface area contributed by atoms with E-state index < -0.39 is 18.0 Å². The Morgan fingerprint density at radius 3 is 2.37 bits per heavy atom. The first-order valence-corrected chi connectivity index (χ1v) is 17.5. The van der Waals surface area contributed by atoms with Crippen molar-refractivity contribution >= 4 is 58.9 Å². The van der Waals surface area contributed by atoms with Crippen molar-refractivity contribution in [1.82, 2.24) is 9.88 Å². The lowest BCUT2D eigenvalue weighted by Crippen LogP contribution is -2.53. The molecular formula is C35H36Cl2N4O9S. The largest absolute Gasteiger partial charge is 0.619 e. The predicted octanol–water partition coefficient (Wildman–Crippen LogP) is 6.11. The fourth-order valence-electron chi connectivity index (χ4n) is 6.51. The first-order chi connectivity index (χ1) is 24.6. The number of hydrogen-bond donors (Lipinski definition) is 2. The van der Waals surface area contributed by atoms with Crippen molar-refractivity contribution in [2.24, 2.45) is 5.92 Å². The van der Waals surface area contributed by atoms with Gasteiger partial charge in [0, 0.05) is 29.1 Å². The van der Waals surface area contributed by atoms with Crippen LogP contribution in [-0.4, -0.2) is 78.6 Å². The van der Waals surface area contributed by atoms with Gasteiger partial charge in [0.1, 0.15) is 26.8 Å². The molecule has 1 aromatic carbocycles.